The zero-order valence-electron chi connectivity index (χ0n) is 8.00. The second-order valence-corrected chi connectivity index (χ2v) is 2.65. The van der Waals surface area contributed by atoms with Crippen LogP contribution in [0.25, 0.3) is 0 Å². The van der Waals surface area contributed by atoms with Crippen LogP contribution in [0.1, 0.15) is 28.0 Å². The van der Waals surface area contributed by atoms with E-state index in [-0.39, 0.29) is 0 Å². The zero-order valence-corrected chi connectivity index (χ0v) is 8.00. The van der Waals surface area contributed by atoms with Crippen molar-refractivity contribution in [2.24, 2.45) is 0 Å². The molecule has 0 saturated heterocycles. The molecule has 0 aliphatic heterocycles. The smallest absolute Gasteiger partial charge is 0.342 e. The molecule has 1 rings (SSSR count). The lowest BCUT2D eigenvalue weighted by atomic mass is 10.1. The van der Waals surface area contributed by atoms with Crippen molar-refractivity contribution in [3.8, 4) is 6.07 Å². The van der Waals surface area contributed by atoms with Gasteiger partial charge in [-0.3, -0.25) is 4.98 Å². The Bertz CT molecular complexity index is 469. The Morgan fingerprint density at radius 3 is 2.69 bits per heavy atom. The van der Waals surface area contributed by atoms with Crippen molar-refractivity contribution < 1.29 is 22.7 Å². The number of rotatable bonds is 2. The van der Waals surface area contributed by atoms with E-state index in [2.05, 4.69) is 9.72 Å². The molecule has 4 nitrogen and oxygen atoms in total. The largest absolute Gasteiger partial charge is 0.465 e. The van der Waals surface area contributed by atoms with Crippen LogP contribution in [0.3, 0.4) is 0 Å². The van der Waals surface area contributed by atoms with Gasteiger partial charge < -0.3 is 4.74 Å². The van der Waals surface area contributed by atoms with Crippen molar-refractivity contribution >= 4 is 5.97 Å². The highest BCUT2D eigenvalue weighted by Crippen LogP contribution is 2.24. The van der Waals surface area contributed by atoms with Crippen LogP contribution in [0.15, 0.2) is 6.20 Å². The molecule has 0 saturated carbocycles. The Morgan fingerprint density at radius 2 is 2.25 bits per heavy atom. The molecule has 84 valence electrons. The van der Waals surface area contributed by atoms with E-state index < -0.39 is 35.0 Å². The summed E-state index contributed by atoms with van der Waals surface area (Å²) in [5.41, 5.74) is -2.59. The number of ether oxygens (including phenoxy) is 1. The summed E-state index contributed by atoms with van der Waals surface area (Å²) in [6.45, 7) is 0. The van der Waals surface area contributed by atoms with Crippen LogP contribution in [-0.2, 0) is 4.74 Å². The summed E-state index contributed by atoms with van der Waals surface area (Å²) in [4.78, 5) is 14.1. The molecular weight excluding hydrogens is 225 g/mol. The number of halogens is 3. The Labute approximate surface area is 88.3 Å². The zero-order chi connectivity index (χ0) is 12.3. The molecule has 0 unspecified atom stereocenters. The molecule has 0 spiro atoms. The van der Waals surface area contributed by atoms with E-state index in [4.69, 9.17) is 5.26 Å². The lowest BCUT2D eigenvalue weighted by molar-refractivity contribution is 0.0594. The number of hydrogen-bond donors (Lipinski definition) is 0. The summed E-state index contributed by atoms with van der Waals surface area (Å²) in [6.07, 6.45) is -2.47. The van der Waals surface area contributed by atoms with Gasteiger partial charge in [0, 0.05) is 6.20 Å². The highest BCUT2D eigenvalue weighted by molar-refractivity contribution is 5.89. The SMILES string of the molecule is COC(=O)c1cnc(C(F)F)c(C#N)c1F. The molecule has 0 radical (unpaired) electrons. The van der Waals surface area contributed by atoms with Crippen LogP contribution < -0.4 is 0 Å². The fraction of sp³-hybridized carbons (Fsp3) is 0.222. The molecule has 1 aromatic heterocycles. The molecule has 7 heteroatoms. The third kappa shape index (κ3) is 1.95. The molecule has 0 bridgehead atoms. The first-order chi connectivity index (χ1) is 7.52. The number of hydrogen-bond acceptors (Lipinski definition) is 4. The summed E-state index contributed by atoms with van der Waals surface area (Å²) < 4.78 is 42.3. The molecule has 0 fully saturated rings. The van der Waals surface area contributed by atoms with Crippen LogP contribution >= 0.6 is 0 Å². The summed E-state index contributed by atoms with van der Waals surface area (Å²) >= 11 is 0. The summed E-state index contributed by atoms with van der Waals surface area (Å²) in [5, 5.41) is 8.51. The van der Waals surface area contributed by atoms with Crippen molar-refractivity contribution in [1.29, 1.82) is 5.26 Å². The molecule has 1 heterocycles. The van der Waals surface area contributed by atoms with Crippen molar-refractivity contribution in [2.45, 2.75) is 6.43 Å². The van der Waals surface area contributed by atoms with E-state index in [1.807, 2.05) is 0 Å². The van der Waals surface area contributed by atoms with Crippen LogP contribution in [0, 0.1) is 17.1 Å². The van der Waals surface area contributed by atoms with Gasteiger partial charge in [-0.2, -0.15) is 5.26 Å². The maximum absolute atomic E-state index is 13.4. The van der Waals surface area contributed by atoms with Gasteiger partial charge in [0.25, 0.3) is 6.43 Å². The highest BCUT2D eigenvalue weighted by atomic mass is 19.3. The van der Waals surface area contributed by atoms with Crippen molar-refractivity contribution in [3.05, 3.63) is 28.8 Å². The average molecular weight is 230 g/mol. The van der Waals surface area contributed by atoms with Crippen LogP contribution in [0.2, 0.25) is 0 Å². The number of carbonyl (C=O) groups excluding carboxylic acids is 1. The van der Waals surface area contributed by atoms with Gasteiger partial charge in [0.2, 0.25) is 0 Å². The first-order valence-electron chi connectivity index (χ1n) is 3.97. The van der Waals surface area contributed by atoms with Gasteiger partial charge in [0.05, 0.1) is 7.11 Å². The third-order valence-corrected chi connectivity index (χ3v) is 1.77. The normalized spacial score (nSPS) is 10.0. The number of methoxy groups -OCH3 is 1. The van der Waals surface area contributed by atoms with Gasteiger partial charge in [-0.15, -0.1) is 0 Å². The molecule has 0 N–H and O–H groups in total. The summed E-state index contributed by atoms with van der Waals surface area (Å²) in [7, 11) is 0.995. The maximum Gasteiger partial charge on any atom is 0.342 e. The fourth-order valence-electron chi connectivity index (χ4n) is 1.03. The van der Waals surface area contributed by atoms with Crippen molar-refractivity contribution in [1.82, 2.24) is 4.98 Å². The number of aromatic nitrogens is 1. The minimum atomic E-state index is -3.09. The topological polar surface area (TPSA) is 63.0 Å². The van der Waals surface area contributed by atoms with Gasteiger partial charge in [0.1, 0.15) is 22.9 Å². The number of carbonyl (C=O) groups is 1. The highest BCUT2D eigenvalue weighted by Gasteiger charge is 2.24. The number of esters is 1. The molecule has 0 aliphatic carbocycles. The molecule has 0 aromatic carbocycles. The van der Waals surface area contributed by atoms with E-state index in [0.717, 1.165) is 7.11 Å². The number of pyridine rings is 1. The quantitative estimate of drug-likeness (QED) is 0.727. The second kappa shape index (κ2) is 4.61. The van der Waals surface area contributed by atoms with E-state index >= 15 is 0 Å². The molecule has 16 heavy (non-hydrogen) atoms. The number of nitrogens with zero attached hydrogens (tertiary/aromatic N) is 2. The number of alkyl halides is 2. The first-order valence-corrected chi connectivity index (χ1v) is 3.97. The van der Waals surface area contributed by atoms with Gasteiger partial charge in [-0.05, 0) is 0 Å². The standard InChI is InChI=1S/C9H5F3N2O2/c1-16-9(15)5-3-14-7(8(11)12)4(2-13)6(5)10/h3,8H,1H3. The maximum atomic E-state index is 13.4. The molecule has 0 aliphatic rings. The second-order valence-electron chi connectivity index (χ2n) is 2.65. The lowest BCUT2D eigenvalue weighted by Gasteiger charge is -2.05. The fourth-order valence-corrected chi connectivity index (χ4v) is 1.03. The minimum Gasteiger partial charge on any atom is -0.465 e. The van der Waals surface area contributed by atoms with Crippen LogP contribution in [-0.4, -0.2) is 18.1 Å². The van der Waals surface area contributed by atoms with Gasteiger partial charge >= 0.3 is 5.97 Å². The van der Waals surface area contributed by atoms with E-state index in [1.165, 1.54) is 6.07 Å². The Kier molecular flexibility index (Phi) is 3.45. The Hall–Kier alpha value is -2.10. The third-order valence-electron chi connectivity index (χ3n) is 1.77. The van der Waals surface area contributed by atoms with Gasteiger partial charge in [-0.1, -0.05) is 0 Å². The van der Waals surface area contributed by atoms with Crippen molar-refractivity contribution in [2.75, 3.05) is 7.11 Å². The minimum absolute atomic E-state index is 0.615. The monoisotopic (exact) mass is 230 g/mol. The average Bonchev–Trinajstić information content (AvgIpc) is 2.27. The van der Waals surface area contributed by atoms with Crippen LogP contribution in [0.4, 0.5) is 13.2 Å². The van der Waals surface area contributed by atoms with Gasteiger partial charge in [0.15, 0.2) is 5.82 Å². The van der Waals surface area contributed by atoms with E-state index in [9.17, 15) is 18.0 Å². The van der Waals surface area contributed by atoms with E-state index in [0.29, 0.717) is 6.20 Å². The van der Waals surface area contributed by atoms with Gasteiger partial charge in [-0.25, -0.2) is 18.0 Å². The molecule has 1 aromatic rings. The lowest BCUT2D eigenvalue weighted by Crippen LogP contribution is -2.09. The molecular formula is C9H5F3N2O2. The molecule has 0 amide bonds. The summed E-state index contributed by atoms with van der Waals surface area (Å²) in [6, 6.07) is 1.24. The van der Waals surface area contributed by atoms with E-state index in [1.54, 1.807) is 0 Å². The van der Waals surface area contributed by atoms with Crippen molar-refractivity contribution in [3.63, 3.8) is 0 Å². The number of nitriles is 1. The summed E-state index contributed by atoms with van der Waals surface area (Å²) in [5.74, 6) is -2.43. The Balaban J connectivity index is 3.42. The predicted octanol–water partition coefficient (Wildman–Crippen LogP) is 1.82. The molecule has 0 atom stereocenters. The van der Waals surface area contributed by atoms with Crippen LogP contribution in [0.5, 0.6) is 0 Å². The first kappa shape index (κ1) is 12.0. The predicted molar refractivity (Wildman–Crippen MR) is 45.2 cm³/mol. The Morgan fingerprint density at radius 1 is 1.62 bits per heavy atom.